The highest BCUT2D eigenvalue weighted by Gasteiger charge is 2.71. The summed E-state index contributed by atoms with van der Waals surface area (Å²) in [6.45, 7) is 7.27. The maximum Gasteiger partial charge on any atom is 0.333 e. The third-order valence-electron chi connectivity index (χ3n) is 8.25. The minimum absolute atomic E-state index is 0.140. The van der Waals surface area contributed by atoms with Crippen LogP contribution in [0.5, 0.6) is 0 Å². The minimum Gasteiger partial charge on any atom is -0.478 e. The van der Waals surface area contributed by atoms with Crippen molar-refractivity contribution in [3.05, 3.63) is 77.0 Å². The van der Waals surface area contributed by atoms with Crippen LogP contribution in [0, 0.1) is 0 Å². The van der Waals surface area contributed by atoms with Crippen LogP contribution in [0.25, 0.3) is 0 Å². The number of fused-ring (bicyclic) bond motifs is 1. The normalized spacial score (nSPS) is 29.5. The lowest BCUT2D eigenvalue weighted by Gasteiger charge is -2.51. The Morgan fingerprint density at radius 2 is 1.88 bits per heavy atom. The second-order valence-electron chi connectivity index (χ2n) is 10.3. The number of hydrogen-bond acceptors (Lipinski definition) is 4. The van der Waals surface area contributed by atoms with E-state index in [1.807, 2.05) is 6.07 Å². The van der Waals surface area contributed by atoms with Crippen molar-refractivity contribution < 1.29 is 14.3 Å². The number of carboxylic acid groups (broad SMARTS) is 1. The summed E-state index contributed by atoms with van der Waals surface area (Å²) in [7, 11) is -1.34. The second-order valence-corrected chi connectivity index (χ2v) is 12.7. The molecule has 0 saturated carbocycles. The van der Waals surface area contributed by atoms with Gasteiger partial charge in [0.15, 0.2) is 9.04 Å². The van der Waals surface area contributed by atoms with E-state index in [1.165, 1.54) is 11.1 Å². The maximum atomic E-state index is 12.6. The fourth-order valence-electron chi connectivity index (χ4n) is 6.96. The van der Waals surface area contributed by atoms with Crippen molar-refractivity contribution in [3.8, 4) is 0 Å². The van der Waals surface area contributed by atoms with Crippen LogP contribution in [0.15, 0.2) is 65.9 Å². The van der Waals surface area contributed by atoms with Crippen molar-refractivity contribution in [1.29, 1.82) is 0 Å². The standard InChI is InChI=1S/C28H36N2O3Si/c1-4-5-15-23-27(18-33-34(2)3,19-11-7-6-8-12-19)28-21-13-9-10-14-22(21)29-25(28)20(26(31)32)16-17-24(28)30-23/h6-14,23-24,29-30,34H,4-5,15-18H2,1-3H3,(H,31,32). The molecule has 1 aliphatic carbocycles. The van der Waals surface area contributed by atoms with E-state index in [0.29, 0.717) is 18.6 Å². The van der Waals surface area contributed by atoms with E-state index in [4.69, 9.17) is 4.43 Å². The summed E-state index contributed by atoms with van der Waals surface area (Å²) in [4.78, 5) is 12.6. The predicted octanol–water partition coefficient (Wildman–Crippen LogP) is 4.95. The Labute approximate surface area is 204 Å². The SMILES string of the molecule is CCCCC1NC2CCC(C(=O)O)=C3Nc4ccccc4C32C1(CO[SiH](C)C)c1ccccc1. The first-order valence-electron chi connectivity index (χ1n) is 12.7. The fourth-order valence-corrected chi connectivity index (χ4v) is 7.56. The largest absolute Gasteiger partial charge is 0.478 e. The number of unbranched alkanes of at least 4 members (excludes halogenated alkanes) is 1. The van der Waals surface area contributed by atoms with Gasteiger partial charge in [0, 0.05) is 35.5 Å². The van der Waals surface area contributed by atoms with Crippen molar-refractivity contribution in [3.63, 3.8) is 0 Å². The summed E-state index contributed by atoms with van der Waals surface area (Å²) in [5, 5.41) is 18.0. The van der Waals surface area contributed by atoms with E-state index in [0.717, 1.165) is 37.1 Å². The first kappa shape index (κ1) is 23.3. The predicted molar refractivity (Wildman–Crippen MR) is 139 cm³/mol. The molecule has 3 N–H and O–H groups in total. The molecule has 1 fully saturated rings. The highest BCUT2D eigenvalue weighted by molar-refractivity contribution is 6.48. The van der Waals surface area contributed by atoms with Gasteiger partial charge in [-0.05, 0) is 49.5 Å². The van der Waals surface area contributed by atoms with Crippen molar-refractivity contribution in [1.82, 2.24) is 5.32 Å². The lowest BCUT2D eigenvalue weighted by molar-refractivity contribution is -0.133. The van der Waals surface area contributed by atoms with Crippen LogP contribution in [-0.2, 0) is 20.1 Å². The quantitative estimate of drug-likeness (QED) is 0.470. The number of para-hydroxylation sites is 1. The van der Waals surface area contributed by atoms with E-state index < -0.39 is 25.8 Å². The molecule has 180 valence electrons. The molecule has 2 heterocycles. The van der Waals surface area contributed by atoms with E-state index in [-0.39, 0.29) is 12.1 Å². The number of rotatable bonds is 8. The fraction of sp³-hybridized carbons (Fsp3) is 0.464. The van der Waals surface area contributed by atoms with Crippen molar-refractivity contribution in [2.75, 3.05) is 11.9 Å². The van der Waals surface area contributed by atoms with Crippen LogP contribution in [-0.4, -0.2) is 38.8 Å². The van der Waals surface area contributed by atoms with Gasteiger partial charge in [-0.15, -0.1) is 0 Å². The zero-order chi connectivity index (χ0) is 23.9. The van der Waals surface area contributed by atoms with Crippen LogP contribution >= 0.6 is 0 Å². The molecule has 0 radical (unpaired) electrons. The summed E-state index contributed by atoms with van der Waals surface area (Å²) in [5.41, 5.74) is 3.94. The summed E-state index contributed by atoms with van der Waals surface area (Å²) < 4.78 is 6.66. The lowest BCUT2D eigenvalue weighted by atomic mass is 9.51. The number of benzene rings is 2. The zero-order valence-electron chi connectivity index (χ0n) is 20.4. The number of carboxylic acids is 1. The second kappa shape index (κ2) is 8.99. The average Bonchev–Trinajstić information content (AvgIpc) is 3.34. The van der Waals surface area contributed by atoms with Gasteiger partial charge in [0.2, 0.25) is 0 Å². The Morgan fingerprint density at radius 3 is 2.59 bits per heavy atom. The minimum atomic E-state index is -1.34. The Morgan fingerprint density at radius 1 is 1.15 bits per heavy atom. The van der Waals surface area contributed by atoms with Gasteiger partial charge in [-0.2, -0.15) is 0 Å². The molecule has 5 rings (SSSR count). The Balaban J connectivity index is 1.87. The molecule has 2 aromatic carbocycles. The van der Waals surface area contributed by atoms with E-state index in [2.05, 4.69) is 79.2 Å². The van der Waals surface area contributed by atoms with Crippen molar-refractivity contribution in [2.24, 2.45) is 0 Å². The Kier molecular flexibility index (Phi) is 6.17. The van der Waals surface area contributed by atoms with Crippen LogP contribution in [0.2, 0.25) is 13.1 Å². The van der Waals surface area contributed by atoms with Gasteiger partial charge < -0.3 is 20.2 Å². The van der Waals surface area contributed by atoms with Gasteiger partial charge in [0.25, 0.3) is 0 Å². The number of nitrogens with one attached hydrogen (secondary N) is 2. The zero-order valence-corrected chi connectivity index (χ0v) is 21.6. The molecule has 0 aromatic heterocycles. The van der Waals surface area contributed by atoms with Crippen molar-refractivity contribution >= 4 is 20.7 Å². The first-order valence-corrected chi connectivity index (χ1v) is 15.5. The highest BCUT2D eigenvalue weighted by Crippen LogP contribution is 2.65. The van der Waals surface area contributed by atoms with Crippen LogP contribution in [0.4, 0.5) is 5.69 Å². The molecular weight excluding hydrogens is 440 g/mol. The molecule has 34 heavy (non-hydrogen) atoms. The van der Waals surface area contributed by atoms with Crippen molar-refractivity contribution in [2.45, 2.75) is 75.0 Å². The van der Waals surface area contributed by atoms with Gasteiger partial charge in [-0.25, -0.2) is 4.79 Å². The number of carbonyl (C=O) groups is 1. The molecular formula is C28H36N2O3Si. The molecule has 1 spiro atoms. The summed E-state index contributed by atoms with van der Waals surface area (Å²) in [5.74, 6) is -0.814. The number of anilines is 1. The summed E-state index contributed by atoms with van der Waals surface area (Å²) >= 11 is 0. The first-order chi connectivity index (χ1) is 16.5. The molecule has 0 amide bonds. The van der Waals surface area contributed by atoms with Crippen LogP contribution in [0.3, 0.4) is 0 Å². The monoisotopic (exact) mass is 476 g/mol. The molecule has 3 aliphatic rings. The smallest absolute Gasteiger partial charge is 0.333 e. The van der Waals surface area contributed by atoms with Crippen LogP contribution in [0.1, 0.15) is 50.2 Å². The molecule has 2 aromatic rings. The third kappa shape index (κ3) is 3.22. The van der Waals surface area contributed by atoms with Gasteiger partial charge in [0.1, 0.15) is 0 Å². The number of hydrogen-bond donors (Lipinski definition) is 3. The van der Waals surface area contributed by atoms with Gasteiger partial charge in [-0.1, -0.05) is 68.3 Å². The summed E-state index contributed by atoms with van der Waals surface area (Å²) in [6.07, 6.45) is 4.64. The number of aliphatic carboxylic acids is 1. The molecule has 0 bridgehead atoms. The maximum absolute atomic E-state index is 12.6. The molecule has 1 saturated heterocycles. The Hall–Kier alpha value is -2.41. The molecule has 5 nitrogen and oxygen atoms in total. The van der Waals surface area contributed by atoms with Gasteiger partial charge in [-0.3, -0.25) is 0 Å². The van der Waals surface area contributed by atoms with E-state index in [9.17, 15) is 9.90 Å². The molecule has 4 atom stereocenters. The van der Waals surface area contributed by atoms with E-state index >= 15 is 0 Å². The van der Waals surface area contributed by atoms with E-state index in [1.54, 1.807) is 0 Å². The van der Waals surface area contributed by atoms with Crippen LogP contribution < -0.4 is 10.6 Å². The average molecular weight is 477 g/mol. The lowest BCUT2D eigenvalue weighted by Crippen LogP contribution is -2.59. The van der Waals surface area contributed by atoms with Gasteiger partial charge in [0.05, 0.1) is 11.0 Å². The molecule has 4 unspecified atom stereocenters. The summed E-state index contributed by atoms with van der Waals surface area (Å²) in [6, 6.07) is 19.5. The Bertz CT molecular complexity index is 1100. The molecule has 6 heteroatoms. The topological polar surface area (TPSA) is 70.6 Å². The molecule has 2 aliphatic heterocycles. The third-order valence-corrected chi connectivity index (χ3v) is 9.09. The highest BCUT2D eigenvalue weighted by atomic mass is 28.3. The van der Waals surface area contributed by atoms with Gasteiger partial charge >= 0.3 is 5.97 Å².